The van der Waals surface area contributed by atoms with Crippen molar-refractivity contribution in [2.45, 2.75) is 164 Å². The van der Waals surface area contributed by atoms with Crippen LogP contribution in [0, 0.1) is 0 Å². The van der Waals surface area contributed by atoms with Gasteiger partial charge in [0.15, 0.2) is 0 Å². The Balaban J connectivity index is 0.604. The van der Waals surface area contributed by atoms with Crippen LogP contribution in [0.1, 0.15) is 166 Å². The molecule has 622 valence electrons. The van der Waals surface area contributed by atoms with Gasteiger partial charge in [-0.05, 0) is 165 Å². The summed E-state index contributed by atoms with van der Waals surface area (Å²) in [6.45, 7) is 29.4. The largest absolute Gasteiger partial charge is 0.494 e. The Morgan fingerprint density at radius 3 is 1.60 bits per heavy atom. The number of hydrogen-bond acceptors (Lipinski definition) is 18. The summed E-state index contributed by atoms with van der Waals surface area (Å²) in [5.74, 6) is -0.645. The zero-order chi connectivity index (χ0) is 82.8. The first-order valence-corrected chi connectivity index (χ1v) is 41.8. The SMILES string of the molecule is CCCN(CC(=O)N(CCC)CC(=O)N(CCC)CC(=O)N(CCC)CC(=O)N(CC(N)=O)Cc1cn(CCCNC(=O)CCCOc2c(C(C)(C)C)cc(-c3nc4ccc(N5CCN(C)CC5)cc4[nH]3)cc2C(C)(C)C)nn1)C(=O)CCCOc1cccc(C2=Nc3ccc(C4=Nc5ccc(N6CCN(C)CC6)cc5C4)cc3C2)c1. The molecule has 2 fully saturated rings. The normalized spacial score (nSPS) is 14.4. The number of carbonyl (C=O) groups excluding carboxylic acids is 7. The van der Waals surface area contributed by atoms with E-state index in [2.05, 4.69) is 163 Å². The van der Waals surface area contributed by atoms with E-state index in [1.54, 1.807) is 15.8 Å². The van der Waals surface area contributed by atoms with Gasteiger partial charge >= 0.3 is 0 Å². The van der Waals surface area contributed by atoms with Gasteiger partial charge in [0.2, 0.25) is 41.4 Å². The molecule has 6 heterocycles. The van der Waals surface area contributed by atoms with Gasteiger partial charge in [0, 0.05) is 145 Å². The molecule has 116 heavy (non-hydrogen) atoms. The van der Waals surface area contributed by atoms with Crippen LogP contribution in [0.3, 0.4) is 0 Å². The van der Waals surface area contributed by atoms with Crippen molar-refractivity contribution in [3.05, 3.63) is 136 Å². The minimum absolute atomic E-state index is 0.105. The van der Waals surface area contributed by atoms with Gasteiger partial charge in [0.1, 0.15) is 23.0 Å². The van der Waals surface area contributed by atoms with Gasteiger partial charge in [-0.25, -0.2) is 4.98 Å². The van der Waals surface area contributed by atoms with Gasteiger partial charge in [-0.2, -0.15) is 0 Å². The predicted octanol–water partition coefficient (Wildman–Crippen LogP) is 10.3. The minimum atomic E-state index is -0.763. The number of aromatic nitrogens is 5. The maximum Gasteiger partial charge on any atom is 0.243 e. The van der Waals surface area contributed by atoms with E-state index in [1.165, 1.54) is 36.5 Å². The highest BCUT2D eigenvalue weighted by molar-refractivity contribution is 6.10. The number of imidazole rings is 1. The van der Waals surface area contributed by atoms with Crippen LogP contribution >= 0.6 is 0 Å². The van der Waals surface area contributed by atoms with E-state index < -0.39 is 36.7 Å². The van der Waals surface area contributed by atoms with Crippen LogP contribution in [0.15, 0.2) is 107 Å². The maximum atomic E-state index is 14.3. The number of primary amides is 1. The molecule has 2 aromatic heterocycles. The van der Waals surface area contributed by atoms with Crippen LogP contribution in [0.4, 0.5) is 22.7 Å². The van der Waals surface area contributed by atoms with Crippen molar-refractivity contribution in [1.29, 1.82) is 0 Å². The van der Waals surface area contributed by atoms with Crippen LogP contribution < -0.4 is 30.3 Å². The third-order valence-corrected chi connectivity index (χ3v) is 21.9. The second-order valence-electron chi connectivity index (χ2n) is 33.5. The number of ether oxygens (including phenoxy) is 2. The van der Waals surface area contributed by atoms with Crippen LogP contribution in [0.2, 0.25) is 0 Å². The first-order valence-electron chi connectivity index (χ1n) is 41.8. The number of nitrogens with two attached hydrogens (primary N) is 1. The lowest BCUT2D eigenvalue weighted by Gasteiger charge is -2.34. The van der Waals surface area contributed by atoms with E-state index in [1.807, 2.05) is 52.0 Å². The lowest BCUT2D eigenvalue weighted by atomic mass is 9.78. The Hall–Kier alpha value is -10.5. The summed E-state index contributed by atoms with van der Waals surface area (Å²) >= 11 is 0. The molecule has 7 aromatic rings. The molecule has 5 aromatic carbocycles. The number of nitrogens with zero attached hydrogens (tertiary/aromatic N) is 15. The quantitative estimate of drug-likeness (QED) is 0.0302. The standard InChI is InChI=1S/C89H122N18O9/c1-13-32-102(81(110)24-19-45-115-70-22-17-21-62(49-70)76-52-64-47-63(25-28-73(64)92-76)77-53-65-48-68(26-29-74(65)93-77)100-41-37-98(11)38-42-100)58-82(111)103(33-14-2)59-83(112)104(34-15-3)60-84(113)105(35-16-4)61-85(114)106(57-79(90)108)55-67-56-107(97-96-67)36-20-31-91-80(109)23-18-46-116-86-71(88(5,6)7)50-66(51-72(86)89(8,9)10)87-94-75-30-27-69(54-78(75)95-87)101-43-39-99(12)40-44-101/h17,21-22,25-30,47-51,54,56H,13-16,18-20,23-24,31-46,52-53,55,57-61H2,1-12H3,(H2,90,108)(H,91,109)(H,94,95). The average Bonchev–Trinajstić information content (AvgIpc) is 1.02. The monoisotopic (exact) mass is 1590 g/mol. The third kappa shape index (κ3) is 23.2. The molecular weight excluding hydrogens is 1470 g/mol. The first-order chi connectivity index (χ1) is 55.6. The molecule has 27 heteroatoms. The van der Waals surface area contributed by atoms with Crippen molar-refractivity contribution in [3.8, 4) is 22.9 Å². The van der Waals surface area contributed by atoms with Crippen LogP contribution in [-0.4, -0.2) is 257 Å². The topological polar surface area (TPSA) is 289 Å². The summed E-state index contributed by atoms with van der Waals surface area (Å²) in [5.41, 5.74) is 21.5. The Morgan fingerprint density at radius 2 is 1.04 bits per heavy atom. The van der Waals surface area contributed by atoms with Crippen molar-refractivity contribution in [3.63, 3.8) is 0 Å². The Kier molecular flexibility index (Phi) is 29.7. The fraction of sp³-hybridized carbons (Fsp3) is 0.528. The summed E-state index contributed by atoms with van der Waals surface area (Å²) in [5, 5.41) is 11.5. The molecule has 27 nitrogen and oxygen atoms in total. The molecule has 11 rings (SSSR count). The zero-order valence-electron chi connectivity index (χ0n) is 70.5. The molecule has 7 amide bonds. The number of rotatable bonds is 39. The van der Waals surface area contributed by atoms with Crippen LogP contribution in [0.5, 0.6) is 11.5 Å². The number of H-pyrrole nitrogens is 1. The van der Waals surface area contributed by atoms with E-state index in [4.69, 9.17) is 30.2 Å². The van der Waals surface area contributed by atoms with Gasteiger partial charge in [-0.15, -0.1) is 5.10 Å². The number of likely N-dealkylation sites (N-methyl/N-ethyl adjacent to an activating group) is 2. The van der Waals surface area contributed by atoms with Crippen molar-refractivity contribution in [2.75, 3.05) is 155 Å². The Morgan fingerprint density at radius 1 is 0.534 bits per heavy atom. The predicted molar refractivity (Wildman–Crippen MR) is 457 cm³/mol. The number of hydrogen-bond donors (Lipinski definition) is 3. The molecular formula is C89H122N18O9. The lowest BCUT2D eigenvalue weighted by molar-refractivity contribution is -0.147. The summed E-state index contributed by atoms with van der Waals surface area (Å²) in [6, 6.07) is 31.8. The van der Waals surface area contributed by atoms with Crippen molar-refractivity contribution < 1.29 is 43.0 Å². The van der Waals surface area contributed by atoms with Crippen molar-refractivity contribution in [2.24, 2.45) is 15.7 Å². The van der Waals surface area contributed by atoms with Crippen LogP contribution in [-0.2, 0) is 70.3 Å². The zero-order valence-corrected chi connectivity index (χ0v) is 70.5. The van der Waals surface area contributed by atoms with E-state index >= 15 is 0 Å². The van der Waals surface area contributed by atoms with Gasteiger partial charge in [0.05, 0.1) is 92.5 Å². The van der Waals surface area contributed by atoms with Gasteiger partial charge in [-0.1, -0.05) is 92.6 Å². The lowest BCUT2D eigenvalue weighted by Crippen LogP contribution is -2.51. The van der Waals surface area contributed by atoms with Gasteiger partial charge < -0.3 is 69.6 Å². The van der Waals surface area contributed by atoms with Crippen molar-refractivity contribution in [1.82, 2.24) is 64.6 Å². The summed E-state index contributed by atoms with van der Waals surface area (Å²) < 4.78 is 14.5. The fourth-order valence-corrected chi connectivity index (χ4v) is 15.3. The molecule has 4 N–H and O–H groups in total. The number of aryl methyl sites for hydroxylation is 1. The Labute approximate surface area is 684 Å². The molecule has 0 atom stereocenters. The summed E-state index contributed by atoms with van der Waals surface area (Å²) in [4.78, 5) is 132. The van der Waals surface area contributed by atoms with E-state index in [9.17, 15) is 33.6 Å². The number of fused-ring (bicyclic) bond motifs is 3. The maximum absolute atomic E-state index is 14.3. The molecule has 0 bridgehead atoms. The highest BCUT2D eigenvalue weighted by atomic mass is 16.5. The average molecular weight is 1590 g/mol. The number of nitrogens with one attached hydrogen (secondary N) is 2. The highest BCUT2D eigenvalue weighted by Crippen LogP contribution is 2.44. The molecule has 2 saturated heterocycles. The summed E-state index contributed by atoms with van der Waals surface area (Å²) in [6.07, 6.45) is 7.15. The van der Waals surface area contributed by atoms with Gasteiger partial charge in [0.25, 0.3) is 0 Å². The summed E-state index contributed by atoms with van der Waals surface area (Å²) in [7, 11) is 4.34. The number of aliphatic imine (C=N–C) groups is 2. The van der Waals surface area contributed by atoms with E-state index in [0.717, 1.165) is 138 Å². The number of piperazine rings is 2. The van der Waals surface area contributed by atoms with Crippen LogP contribution in [0.25, 0.3) is 22.4 Å². The fourth-order valence-electron chi connectivity index (χ4n) is 15.3. The molecule has 0 unspecified atom stereocenters. The smallest absolute Gasteiger partial charge is 0.243 e. The highest BCUT2D eigenvalue weighted by Gasteiger charge is 2.33. The number of anilines is 2. The van der Waals surface area contributed by atoms with E-state index in [-0.39, 0.29) is 93.8 Å². The second kappa shape index (κ2) is 39.9. The number of amides is 7. The molecule has 4 aliphatic heterocycles. The molecule has 0 radical (unpaired) electrons. The first kappa shape index (κ1) is 86.3. The molecule has 0 saturated carbocycles. The number of aromatic amines is 1. The Bertz CT molecular complexity index is 4630. The third-order valence-electron chi connectivity index (χ3n) is 21.9. The van der Waals surface area contributed by atoms with Gasteiger partial charge in [-0.3, -0.25) is 48.2 Å². The minimum Gasteiger partial charge on any atom is -0.494 e. The number of carbonyl (C=O) groups is 7. The van der Waals surface area contributed by atoms with Crippen molar-refractivity contribution >= 4 is 86.6 Å². The molecule has 0 aliphatic carbocycles. The van der Waals surface area contributed by atoms with E-state index in [0.29, 0.717) is 89.1 Å². The molecule has 0 spiro atoms. The second-order valence-corrected chi connectivity index (χ2v) is 33.5. The number of benzene rings is 5. The molecule has 4 aliphatic rings.